The largest absolute Gasteiger partial charge is 0.494 e. The summed E-state index contributed by atoms with van der Waals surface area (Å²) in [6.07, 6.45) is 7.01. The molecule has 0 amide bonds. The molecule has 204 valence electrons. The first-order valence-corrected chi connectivity index (χ1v) is 15.2. The van der Waals surface area contributed by atoms with Crippen molar-refractivity contribution in [1.82, 2.24) is 9.97 Å². The molecule has 0 bridgehead atoms. The number of hydrogen-bond acceptors (Lipinski definition) is 7. The molecule has 3 aromatic rings. The maximum Gasteiger partial charge on any atom is 0.178 e. The second-order valence-electron chi connectivity index (χ2n) is 10.0. The Morgan fingerprint density at radius 1 is 0.795 bits per heavy atom. The van der Waals surface area contributed by atoms with Gasteiger partial charge in [0.1, 0.15) is 17.9 Å². The van der Waals surface area contributed by atoms with Gasteiger partial charge in [-0.25, -0.2) is 18.4 Å². The van der Waals surface area contributed by atoms with Crippen molar-refractivity contribution >= 4 is 9.84 Å². The summed E-state index contributed by atoms with van der Waals surface area (Å²) in [4.78, 5) is 9.17. The molecule has 39 heavy (non-hydrogen) atoms. The van der Waals surface area contributed by atoms with E-state index >= 15 is 0 Å². The standard InChI is InChI=1S/C31H36N4O3S/c1-4-5-6-7-8-9-20-39(36,37)27-16-12-25(13-17-27)31-30(34-28(21-32)29(22-33)35-31)24-10-14-26(15-11-24)38-19-18-23(2)3/h10-17,23H,4-9,18-20H2,1-3H3. The summed E-state index contributed by atoms with van der Waals surface area (Å²) in [6.45, 7) is 7.05. The van der Waals surface area contributed by atoms with E-state index in [1.807, 2.05) is 36.4 Å². The molecule has 0 unspecified atom stereocenters. The van der Waals surface area contributed by atoms with Crippen LogP contribution in [0, 0.1) is 28.6 Å². The van der Waals surface area contributed by atoms with E-state index in [1.54, 1.807) is 24.3 Å². The van der Waals surface area contributed by atoms with Crippen molar-refractivity contribution in [2.24, 2.45) is 5.92 Å². The van der Waals surface area contributed by atoms with Crippen molar-refractivity contribution in [1.29, 1.82) is 10.5 Å². The molecule has 0 N–H and O–H groups in total. The molecule has 0 aliphatic heterocycles. The van der Waals surface area contributed by atoms with Crippen LogP contribution in [0.5, 0.6) is 5.75 Å². The van der Waals surface area contributed by atoms with E-state index in [4.69, 9.17) is 4.74 Å². The molecular formula is C31H36N4O3S. The normalized spacial score (nSPS) is 11.2. The van der Waals surface area contributed by atoms with Crippen LogP contribution < -0.4 is 4.74 Å². The Hall–Kier alpha value is -3.75. The Morgan fingerprint density at radius 3 is 1.82 bits per heavy atom. The first-order valence-electron chi connectivity index (χ1n) is 13.6. The fraction of sp³-hybridized carbons (Fsp3) is 0.419. The van der Waals surface area contributed by atoms with Crippen molar-refractivity contribution < 1.29 is 13.2 Å². The number of hydrogen-bond donors (Lipinski definition) is 0. The lowest BCUT2D eigenvalue weighted by Gasteiger charge is -2.12. The van der Waals surface area contributed by atoms with E-state index in [9.17, 15) is 18.9 Å². The third-order valence-electron chi connectivity index (χ3n) is 6.45. The van der Waals surface area contributed by atoms with Gasteiger partial charge in [0.05, 0.1) is 28.6 Å². The van der Waals surface area contributed by atoms with Crippen LogP contribution in [0.3, 0.4) is 0 Å². The van der Waals surface area contributed by atoms with E-state index in [0.717, 1.165) is 37.9 Å². The Kier molecular flexibility index (Phi) is 11.0. The molecule has 1 aromatic heterocycles. The average molecular weight is 545 g/mol. The predicted octanol–water partition coefficient (Wildman–Crippen LogP) is 7.11. The van der Waals surface area contributed by atoms with Crippen molar-refractivity contribution in [3.63, 3.8) is 0 Å². The minimum atomic E-state index is -3.40. The Morgan fingerprint density at radius 2 is 1.31 bits per heavy atom. The second kappa shape index (κ2) is 14.4. The molecule has 1 heterocycles. The fourth-order valence-corrected chi connectivity index (χ4v) is 5.50. The van der Waals surface area contributed by atoms with Crippen LogP contribution in [0.2, 0.25) is 0 Å². The number of unbranched alkanes of at least 4 members (excludes halogenated alkanes) is 5. The van der Waals surface area contributed by atoms with E-state index in [0.29, 0.717) is 41.5 Å². The smallest absolute Gasteiger partial charge is 0.178 e. The molecule has 0 saturated carbocycles. The van der Waals surface area contributed by atoms with Gasteiger partial charge >= 0.3 is 0 Å². The van der Waals surface area contributed by atoms with Crippen molar-refractivity contribution in [3.8, 4) is 40.4 Å². The van der Waals surface area contributed by atoms with Gasteiger partial charge in [0.25, 0.3) is 0 Å². The Labute approximate surface area is 232 Å². The highest BCUT2D eigenvalue weighted by atomic mass is 32.2. The van der Waals surface area contributed by atoms with Gasteiger partial charge < -0.3 is 4.74 Å². The monoisotopic (exact) mass is 544 g/mol. The molecule has 0 radical (unpaired) electrons. The van der Waals surface area contributed by atoms with Gasteiger partial charge in [-0.1, -0.05) is 65.0 Å². The van der Waals surface area contributed by atoms with E-state index in [2.05, 4.69) is 30.7 Å². The molecule has 8 heteroatoms. The number of aromatic nitrogens is 2. The predicted molar refractivity (Wildman–Crippen MR) is 153 cm³/mol. The molecule has 0 saturated heterocycles. The van der Waals surface area contributed by atoms with Gasteiger partial charge in [0, 0.05) is 11.1 Å². The maximum absolute atomic E-state index is 12.9. The lowest BCUT2D eigenvalue weighted by Crippen LogP contribution is -2.07. The summed E-state index contributed by atoms with van der Waals surface area (Å²) in [5.41, 5.74) is 2.00. The summed E-state index contributed by atoms with van der Waals surface area (Å²) in [6, 6.07) is 17.7. The molecule has 0 aliphatic rings. The molecule has 7 nitrogen and oxygen atoms in total. The third-order valence-corrected chi connectivity index (χ3v) is 8.27. The molecule has 3 rings (SSSR count). The van der Waals surface area contributed by atoms with Crippen LogP contribution in [0.25, 0.3) is 22.5 Å². The van der Waals surface area contributed by atoms with E-state index in [-0.39, 0.29) is 22.0 Å². The lowest BCUT2D eigenvalue weighted by atomic mass is 10.0. The van der Waals surface area contributed by atoms with Crippen LogP contribution in [0.15, 0.2) is 53.4 Å². The number of sulfone groups is 1. The van der Waals surface area contributed by atoms with Gasteiger partial charge in [-0.2, -0.15) is 10.5 Å². The van der Waals surface area contributed by atoms with Crippen molar-refractivity contribution in [2.45, 2.75) is 70.6 Å². The summed E-state index contributed by atoms with van der Waals surface area (Å²) in [5.74, 6) is 1.38. The topological polar surface area (TPSA) is 117 Å². The molecule has 0 atom stereocenters. The molecular weight excluding hydrogens is 508 g/mol. The highest BCUT2D eigenvalue weighted by Gasteiger charge is 2.19. The zero-order chi connectivity index (χ0) is 28.3. The third kappa shape index (κ3) is 8.37. The maximum atomic E-state index is 12.9. The first-order chi connectivity index (χ1) is 18.8. The Balaban J connectivity index is 1.87. The van der Waals surface area contributed by atoms with Gasteiger partial charge in [-0.3, -0.25) is 0 Å². The minimum Gasteiger partial charge on any atom is -0.494 e. The second-order valence-corrected chi connectivity index (χ2v) is 12.1. The number of benzene rings is 2. The number of nitriles is 2. The van der Waals surface area contributed by atoms with Crippen LogP contribution in [-0.2, 0) is 9.84 Å². The van der Waals surface area contributed by atoms with Crippen LogP contribution in [-0.4, -0.2) is 30.7 Å². The van der Waals surface area contributed by atoms with Gasteiger partial charge in [0.15, 0.2) is 21.2 Å². The summed E-state index contributed by atoms with van der Waals surface area (Å²) < 4.78 is 31.5. The van der Waals surface area contributed by atoms with Crippen molar-refractivity contribution in [2.75, 3.05) is 12.4 Å². The molecule has 2 aromatic carbocycles. The van der Waals surface area contributed by atoms with E-state index < -0.39 is 9.84 Å². The van der Waals surface area contributed by atoms with Crippen LogP contribution in [0.4, 0.5) is 0 Å². The van der Waals surface area contributed by atoms with Gasteiger partial charge in [-0.05, 0) is 55.2 Å². The number of nitrogens with zero attached hydrogens (tertiary/aromatic N) is 4. The van der Waals surface area contributed by atoms with Crippen molar-refractivity contribution in [3.05, 3.63) is 59.9 Å². The van der Waals surface area contributed by atoms with E-state index in [1.165, 1.54) is 6.42 Å². The Bertz CT molecular complexity index is 1420. The molecule has 0 fully saturated rings. The summed E-state index contributed by atoms with van der Waals surface area (Å²) in [7, 11) is -3.40. The molecule has 0 spiro atoms. The van der Waals surface area contributed by atoms with Crippen LogP contribution >= 0.6 is 0 Å². The van der Waals surface area contributed by atoms with Gasteiger partial charge in [0.2, 0.25) is 0 Å². The molecule has 0 aliphatic carbocycles. The lowest BCUT2D eigenvalue weighted by molar-refractivity contribution is 0.289. The van der Waals surface area contributed by atoms with Crippen LogP contribution in [0.1, 0.15) is 77.1 Å². The SMILES string of the molecule is CCCCCCCCS(=O)(=O)c1ccc(-c2nc(C#N)c(C#N)nc2-c2ccc(OCCC(C)C)cc2)cc1. The average Bonchev–Trinajstić information content (AvgIpc) is 2.94. The summed E-state index contributed by atoms with van der Waals surface area (Å²) in [5, 5.41) is 19.1. The number of ether oxygens (including phenoxy) is 1. The van der Waals surface area contributed by atoms with Gasteiger partial charge in [-0.15, -0.1) is 0 Å². The number of rotatable bonds is 14. The minimum absolute atomic E-state index is 0.0633. The zero-order valence-corrected chi connectivity index (χ0v) is 23.8. The highest BCUT2D eigenvalue weighted by molar-refractivity contribution is 7.91. The quantitative estimate of drug-likeness (QED) is 0.198. The zero-order valence-electron chi connectivity index (χ0n) is 23.0. The fourth-order valence-electron chi connectivity index (χ4n) is 4.13. The summed E-state index contributed by atoms with van der Waals surface area (Å²) >= 11 is 0. The highest BCUT2D eigenvalue weighted by Crippen LogP contribution is 2.32. The first kappa shape index (κ1) is 29.8.